The van der Waals surface area contributed by atoms with Crippen LogP contribution in [0.4, 0.5) is 10.5 Å². The van der Waals surface area contributed by atoms with Gasteiger partial charge < -0.3 is 24.3 Å². The molecule has 0 aliphatic carbocycles. The maximum Gasteiger partial charge on any atom is 0.494 e. The number of morpholine rings is 1. The van der Waals surface area contributed by atoms with E-state index in [-0.39, 0.29) is 24.4 Å². The molecule has 2 amide bonds. The summed E-state index contributed by atoms with van der Waals surface area (Å²) in [6, 6.07) is 7.51. The molecular formula is C17H25BN2O4. The van der Waals surface area contributed by atoms with E-state index in [4.69, 9.17) is 14.0 Å². The monoisotopic (exact) mass is 332 g/mol. The van der Waals surface area contributed by atoms with Crippen molar-refractivity contribution >= 4 is 24.3 Å². The number of amides is 2. The van der Waals surface area contributed by atoms with Crippen LogP contribution in [0.5, 0.6) is 0 Å². The van der Waals surface area contributed by atoms with Crippen LogP contribution in [0.2, 0.25) is 0 Å². The van der Waals surface area contributed by atoms with Gasteiger partial charge in [-0.25, -0.2) is 4.79 Å². The van der Waals surface area contributed by atoms with Gasteiger partial charge in [-0.2, -0.15) is 0 Å². The summed E-state index contributed by atoms with van der Waals surface area (Å²) in [5, 5.41) is 2.91. The zero-order chi connectivity index (χ0) is 17.4. The summed E-state index contributed by atoms with van der Waals surface area (Å²) in [5.41, 5.74) is 0.978. The predicted octanol–water partition coefficient (Wildman–Crippen LogP) is 1.85. The molecule has 0 bridgehead atoms. The second-order valence-electron chi connectivity index (χ2n) is 7.24. The standard InChI is InChI=1S/C17H25BN2O4/c1-16(2)17(3,4)24-18(23-16)13-5-7-14(8-6-13)19-15(21)20-9-11-22-12-10-20/h5-8H,9-12H2,1-4H3,(H,19,21). The van der Waals surface area contributed by atoms with Crippen LogP contribution in [0.15, 0.2) is 24.3 Å². The van der Waals surface area contributed by atoms with E-state index in [1.807, 2.05) is 52.0 Å². The summed E-state index contributed by atoms with van der Waals surface area (Å²) in [4.78, 5) is 13.9. The number of carbonyl (C=O) groups is 1. The van der Waals surface area contributed by atoms with Gasteiger partial charge in [0.25, 0.3) is 0 Å². The Morgan fingerprint density at radius 1 is 1.04 bits per heavy atom. The lowest BCUT2D eigenvalue weighted by Crippen LogP contribution is -2.43. The molecule has 130 valence electrons. The lowest BCUT2D eigenvalue weighted by molar-refractivity contribution is 0.00578. The van der Waals surface area contributed by atoms with Gasteiger partial charge in [0.1, 0.15) is 0 Å². The minimum absolute atomic E-state index is 0.0957. The van der Waals surface area contributed by atoms with Crippen LogP contribution in [0.3, 0.4) is 0 Å². The molecule has 2 heterocycles. The molecule has 0 atom stereocenters. The molecule has 0 aromatic heterocycles. The number of rotatable bonds is 2. The van der Waals surface area contributed by atoms with E-state index in [9.17, 15) is 4.79 Å². The minimum Gasteiger partial charge on any atom is -0.399 e. The lowest BCUT2D eigenvalue weighted by Gasteiger charge is -2.32. The van der Waals surface area contributed by atoms with Crippen molar-refractivity contribution in [2.24, 2.45) is 0 Å². The third-order valence-corrected chi connectivity index (χ3v) is 4.99. The first-order valence-electron chi connectivity index (χ1n) is 8.38. The van der Waals surface area contributed by atoms with E-state index in [1.165, 1.54) is 0 Å². The zero-order valence-electron chi connectivity index (χ0n) is 14.8. The number of anilines is 1. The van der Waals surface area contributed by atoms with Gasteiger partial charge in [0.2, 0.25) is 0 Å². The summed E-state index contributed by atoms with van der Waals surface area (Å²) >= 11 is 0. The number of nitrogens with one attached hydrogen (secondary N) is 1. The number of ether oxygens (including phenoxy) is 1. The van der Waals surface area contributed by atoms with E-state index in [0.717, 1.165) is 11.2 Å². The third-order valence-electron chi connectivity index (χ3n) is 4.99. The van der Waals surface area contributed by atoms with E-state index < -0.39 is 0 Å². The third kappa shape index (κ3) is 3.43. The van der Waals surface area contributed by atoms with E-state index >= 15 is 0 Å². The number of nitrogens with zero attached hydrogens (tertiary/aromatic N) is 1. The molecule has 0 radical (unpaired) electrons. The van der Waals surface area contributed by atoms with Crippen LogP contribution >= 0.6 is 0 Å². The molecule has 0 saturated carbocycles. The molecule has 3 rings (SSSR count). The van der Waals surface area contributed by atoms with Gasteiger partial charge in [-0.15, -0.1) is 0 Å². The predicted molar refractivity (Wildman–Crippen MR) is 93.6 cm³/mol. The van der Waals surface area contributed by atoms with Gasteiger partial charge in [-0.3, -0.25) is 0 Å². The summed E-state index contributed by atoms with van der Waals surface area (Å²) in [5.74, 6) is 0. The quantitative estimate of drug-likeness (QED) is 0.840. The molecule has 6 nitrogen and oxygen atoms in total. The van der Waals surface area contributed by atoms with Gasteiger partial charge in [-0.05, 0) is 45.3 Å². The molecule has 1 aromatic carbocycles. The molecule has 0 spiro atoms. The molecular weight excluding hydrogens is 307 g/mol. The van der Waals surface area contributed by atoms with Crippen LogP contribution in [0.1, 0.15) is 27.7 Å². The highest BCUT2D eigenvalue weighted by Crippen LogP contribution is 2.36. The van der Waals surface area contributed by atoms with Gasteiger partial charge in [-0.1, -0.05) is 12.1 Å². The lowest BCUT2D eigenvalue weighted by atomic mass is 9.79. The number of urea groups is 1. The van der Waals surface area contributed by atoms with Crippen molar-refractivity contribution in [3.05, 3.63) is 24.3 Å². The second kappa shape index (κ2) is 6.39. The summed E-state index contributed by atoms with van der Waals surface area (Å²) < 4.78 is 17.3. The van der Waals surface area contributed by atoms with Crippen molar-refractivity contribution in [2.45, 2.75) is 38.9 Å². The van der Waals surface area contributed by atoms with Crippen molar-refractivity contribution in [1.82, 2.24) is 4.90 Å². The number of hydrogen-bond acceptors (Lipinski definition) is 4. The fourth-order valence-electron chi connectivity index (χ4n) is 2.67. The Morgan fingerprint density at radius 2 is 1.58 bits per heavy atom. The van der Waals surface area contributed by atoms with Crippen LogP contribution in [-0.4, -0.2) is 55.6 Å². The molecule has 1 N–H and O–H groups in total. The Labute approximate surface area is 143 Å². The van der Waals surface area contributed by atoms with Crippen LogP contribution < -0.4 is 10.8 Å². The van der Waals surface area contributed by atoms with Crippen LogP contribution in [0.25, 0.3) is 0 Å². The largest absolute Gasteiger partial charge is 0.494 e. The summed E-state index contributed by atoms with van der Waals surface area (Å²) in [6.45, 7) is 10.6. The average Bonchev–Trinajstić information content (AvgIpc) is 2.77. The minimum atomic E-state index is -0.390. The second-order valence-corrected chi connectivity index (χ2v) is 7.24. The summed E-state index contributed by atoms with van der Waals surface area (Å²) in [7, 11) is -0.390. The Hall–Kier alpha value is -1.57. The van der Waals surface area contributed by atoms with E-state index in [0.29, 0.717) is 26.3 Å². The number of carbonyl (C=O) groups excluding carboxylic acids is 1. The Kier molecular flexibility index (Phi) is 4.59. The van der Waals surface area contributed by atoms with E-state index in [1.54, 1.807) is 4.90 Å². The van der Waals surface area contributed by atoms with Gasteiger partial charge in [0, 0.05) is 18.8 Å². The first-order chi connectivity index (χ1) is 11.3. The topological polar surface area (TPSA) is 60.0 Å². The highest BCUT2D eigenvalue weighted by molar-refractivity contribution is 6.62. The molecule has 2 fully saturated rings. The first-order valence-corrected chi connectivity index (χ1v) is 8.38. The van der Waals surface area contributed by atoms with Gasteiger partial charge in [0.05, 0.1) is 24.4 Å². The molecule has 1 aromatic rings. The van der Waals surface area contributed by atoms with Gasteiger partial charge in [0.15, 0.2) is 0 Å². The highest BCUT2D eigenvalue weighted by Gasteiger charge is 2.51. The molecule has 2 aliphatic heterocycles. The van der Waals surface area contributed by atoms with Crippen molar-refractivity contribution in [3.8, 4) is 0 Å². The smallest absolute Gasteiger partial charge is 0.399 e. The van der Waals surface area contributed by atoms with Crippen LogP contribution in [0, 0.1) is 0 Å². The first kappa shape index (κ1) is 17.3. The molecule has 2 aliphatic rings. The molecule has 0 unspecified atom stereocenters. The van der Waals surface area contributed by atoms with Crippen molar-refractivity contribution in [1.29, 1.82) is 0 Å². The Balaban J connectivity index is 1.63. The maximum atomic E-state index is 12.2. The van der Waals surface area contributed by atoms with Crippen molar-refractivity contribution in [2.75, 3.05) is 31.6 Å². The van der Waals surface area contributed by atoms with Crippen molar-refractivity contribution in [3.63, 3.8) is 0 Å². The van der Waals surface area contributed by atoms with Gasteiger partial charge >= 0.3 is 13.1 Å². The van der Waals surface area contributed by atoms with Crippen molar-refractivity contribution < 1.29 is 18.8 Å². The molecule has 24 heavy (non-hydrogen) atoms. The highest BCUT2D eigenvalue weighted by atomic mass is 16.7. The average molecular weight is 332 g/mol. The Morgan fingerprint density at radius 3 is 2.12 bits per heavy atom. The fraction of sp³-hybridized carbons (Fsp3) is 0.588. The SMILES string of the molecule is CC1(C)OB(c2ccc(NC(=O)N3CCOCC3)cc2)OC1(C)C. The zero-order valence-corrected chi connectivity index (χ0v) is 14.8. The normalized spacial score (nSPS) is 22.5. The summed E-state index contributed by atoms with van der Waals surface area (Å²) in [6.07, 6.45) is 0. The fourth-order valence-corrected chi connectivity index (χ4v) is 2.67. The Bertz CT molecular complexity index is 581. The number of hydrogen-bond donors (Lipinski definition) is 1. The van der Waals surface area contributed by atoms with E-state index in [2.05, 4.69) is 5.32 Å². The molecule has 2 saturated heterocycles. The van der Waals surface area contributed by atoms with Crippen LogP contribution in [-0.2, 0) is 14.0 Å². The maximum absolute atomic E-state index is 12.2. The number of benzene rings is 1. The molecule has 7 heteroatoms.